The fraction of sp³-hybridized carbons (Fsp3) is 0.0909. The predicted molar refractivity (Wildman–Crippen MR) is 71.5 cm³/mol. The Kier molecular flexibility index (Phi) is 4.45. The van der Waals surface area contributed by atoms with Crippen LogP contribution in [0.1, 0.15) is 10.4 Å². The van der Waals surface area contributed by atoms with Crippen LogP contribution in [0.4, 0.5) is 0 Å². The van der Waals surface area contributed by atoms with Crippen molar-refractivity contribution in [3.63, 3.8) is 0 Å². The molecule has 5 nitrogen and oxygen atoms in total. The standard InChI is InChI=1S/C11H9ClN2O3.Na.H/c1-14-6-4-2-3-5(12)7(6)9(15)8(10(13)16)11(14)17;;/h2-4,15H,1H3,(H2,13,16);;. The Morgan fingerprint density at radius 1 is 1.44 bits per heavy atom. The first-order chi connectivity index (χ1) is 7.95. The number of rotatable bonds is 1. The molecule has 1 amide bonds. The summed E-state index contributed by atoms with van der Waals surface area (Å²) in [4.78, 5) is 23.0. The van der Waals surface area contributed by atoms with Crippen molar-refractivity contribution in [3.8, 4) is 5.75 Å². The van der Waals surface area contributed by atoms with E-state index in [1.165, 1.54) is 11.6 Å². The molecular weight excluding hydrogens is 267 g/mol. The van der Waals surface area contributed by atoms with E-state index in [2.05, 4.69) is 0 Å². The summed E-state index contributed by atoms with van der Waals surface area (Å²) in [7, 11) is 1.48. The van der Waals surface area contributed by atoms with Gasteiger partial charge in [0, 0.05) is 7.05 Å². The summed E-state index contributed by atoms with van der Waals surface area (Å²) in [5.41, 5.74) is 4.41. The first-order valence-corrected chi connectivity index (χ1v) is 5.13. The molecule has 7 heteroatoms. The van der Waals surface area contributed by atoms with Crippen LogP contribution in [0.2, 0.25) is 5.02 Å². The molecule has 0 radical (unpaired) electrons. The number of benzene rings is 1. The van der Waals surface area contributed by atoms with Crippen LogP contribution in [0.25, 0.3) is 10.9 Å². The average molecular weight is 277 g/mol. The molecule has 3 N–H and O–H groups in total. The number of carbonyl (C=O) groups is 1. The van der Waals surface area contributed by atoms with Crippen molar-refractivity contribution in [3.05, 3.63) is 39.1 Å². The Hall–Kier alpha value is -1.01. The van der Waals surface area contributed by atoms with E-state index in [0.29, 0.717) is 5.52 Å². The van der Waals surface area contributed by atoms with E-state index in [4.69, 9.17) is 17.3 Å². The molecule has 0 saturated heterocycles. The van der Waals surface area contributed by atoms with E-state index < -0.39 is 22.8 Å². The Morgan fingerprint density at radius 2 is 2.06 bits per heavy atom. The first-order valence-electron chi connectivity index (χ1n) is 4.75. The zero-order valence-corrected chi connectivity index (χ0v) is 9.65. The van der Waals surface area contributed by atoms with E-state index >= 15 is 0 Å². The summed E-state index contributed by atoms with van der Waals surface area (Å²) in [6.45, 7) is 0. The van der Waals surface area contributed by atoms with Crippen molar-refractivity contribution >= 4 is 58.0 Å². The number of aromatic hydroxyl groups is 1. The summed E-state index contributed by atoms with van der Waals surface area (Å²) in [5, 5.41) is 10.4. The fourth-order valence-corrected chi connectivity index (χ4v) is 2.01. The zero-order chi connectivity index (χ0) is 12.7. The van der Waals surface area contributed by atoms with Crippen LogP contribution in [0.3, 0.4) is 0 Å². The molecule has 0 saturated carbocycles. The predicted octanol–water partition coefficient (Wildman–Crippen LogP) is 0.348. The Labute approximate surface area is 129 Å². The second kappa shape index (κ2) is 5.32. The quantitative estimate of drug-likeness (QED) is 0.737. The van der Waals surface area contributed by atoms with Gasteiger partial charge in [-0.05, 0) is 12.1 Å². The molecule has 0 fully saturated rings. The van der Waals surface area contributed by atoms with Gasteiger partial charge in [0.15, 0.2) is 0 Å². The molecule has 0 unspecified atom stereocenters. The van der Waals surface area contributed by atoms with Crippen molar-refractivity contribution in [1.82, 2.24) is 4.57 Å². The number of hydrogen-bond acceptors (Lipinski definition) is 3. The molecule has 2 rings (SSSR count). The third-order valence-corrected chi connectivity index (χ3v) is 2.91. The molecule has 0 spiro atoms. The van der Waals surface area contributed by atoms with Gasteiger partial charge in [-0.15, -0.1) is 0 Å². The van der Waals surface area contributed by atoms with Crippen LogP contribution in [-0.2, 0) is 7.05 Å². The molecule has 1 aromatic heterocycles. The number of aryl methyl sites for hydroxylation is 1. The maximum atomic E-state index is 11.8. The van der Waals surface area contributed by atoms with Crippen molar-refractivity contribution < 1.29 is 9.90 Å². The molecular formula is C11H10ClN2NaO3. The topological polar surface area (TPSA) is 85.3 Å². The minimum atomic E-state index is -0.982. The number of hydrogen-bond donors (Lipinski definition) is 2. The van der Waals surface area contributed by atoms with Crippen LogP contribution in [0, 0.1) is 0 Å². The number of nitrogens with zero attached hydrogens (tertiary/aromatic N) is 1. The molecule has 1 heterocycles. The van der Waals surface area contributed by atoms with E-state index in [1.54, 1.807) is 18.2 Å². The SMILES string of the molecule is Cn1c(=O)c(C(N)=O)c(O)c2c(Cl)cccc21.[NaH]. The fourth-order valence-electron chi connectivity index (χ4n) is 1.75. The molecule has 0 aliphatic rings. The van der Waals surface area contributed by atoms with Gasteiger partial charge in [0.2, 0.25) is 0 Å². The minimum absolute atomic E-state index is 0. The number of amides is 1. The Morgan fingerprint density at radius 3 is 2.61 bits per heavy atom. The van der Waals surface area contributed by atoms with Crippen molar-refractivity contribution in [2.75, 3.05) is 0 Å². The molecule has 2 aromatic rings. The Bertz CT molecular complexity index is 697. The number of carbonyl (C=O) groups excluding carboxylic acids is 1. The first kappa shape index (κ1) is 15.0. The summed E-state index contributed by atoms with van der Waals surface area (Å²) < 4.78 is 1.22. The molecule has 0 bridgehead atoms. The van der Waals surface area contributed by atoms with Gasteiger partial charge in [0.25, 0.3) is 11.5 Å². The maximum absolute atomic E-state index is 11.8. The Balaban J connectivity index is 0.00000162. The van der Waals surface area contributed by atoms with Gasteiger partial charge in [0.1, 0.15) is 11.3 Å². The number of fused-ring (bicyclic) bond motifs is 1. The van der Waals surface area contributed by atoms with Gasteiger partial charge >= 0.3 is 29.6 Å². The van der Waals surface area contributed by atoms with E-state index in [-0.39, 0.29) is 40.0 Å². The van der Waals surface area contributed by atoms with Gasteiger partial charge in [-0.1, -0.05) is 17.7 Å². The van der Waals surface area contributed by atoms with E-state index in [0.717, 1.165) is 0 Å². The second-order valence-corrected chi connectivity index (χ2v) is 3.99. The van der Waals surface area contributed by atoms with Crippen molar-refractivity contribution in [2.45, 2.75) is 0 Å². The molecule has 0 aliphatic heterocycles. The third-order valence-electron chi connectivity index (χ3n) is 2.59. The monoisotopic (exact) mass is 276 g/mol. The second-order valence-electron chi connectivity index (χ2n) is 3.59. The van der Waals surface area contributed by atoms with Crippen molar-refractivity contribution in [2.24, 2.45) is 12.8 Å². The van der Waals surface area contributed by atoms with Crippen LogP contribution in [-0.4, -0.2) is 45.1 Å². The normalized spacial score (nSPS) is 10.1. The zero-order valence-electron chi connectivity index (χ0n) is 8.90. The van der Waals surface area contributed by atoms with Crippen LogP contribution >= 0.6 is 11.6 Å². The average Bonchev–Trinajstić information content (AvgIpc) is 2.25. The van der Waals surface area contributed by atoms with E-state index in [1.807, 2.05) is 0 Å². The molecule has 0 aliphatic carbocycles. The van der Waals surface area contributed by atoms with Crippen LogP contribution in [0.5, 0.6) is 5.75 Å². The number of primary amides is 1. The molecule has 0 atom stereocenters. The van der Waals surface area contributed by atoms with Gasteiger partial charge < -0.3 is 15.4 Å². The summed E-state index contributed by atoms with van der Waals surface area (Å²) in [6, 6.07) is 4.82. The number of pyridine rings is 1. The van der Waals surface area contributed by atoms with Crippen LogP contribution in [0.15, 0.2) is 23.0 Å². The third kappa shape index (κ3) is 2.14. The van der Waals surface area contributed by atoms with Gasteiger partial charge in [0.05, 0.1) is 15.9 Å². The number of aromatic nitrogens is 1. The molecule has 90 valence electrons. The summed E-state index contributed by atoms with van der Waals surface area (Å²) in [6.07, 6.45) is 0. The summed E-state index contributed by atoms with van der Waals surface area (Å²) in [5.74, 6) is -1.45. The van der Waals surface area contributed by atoms with Crippen molar-refractivity contribution in [1.29, 1.82) is 0 Å². The van der Waals surface area contributed by atoms with Gasteiger partial charge in [-0.3, -0.25) is 9.59 Å². The number of nitrogens with two attached hydrogens (primary N) is 1. The van der Waals surface area contributed by atoms with Gasteiger partial charge in [-0.25, -0.2) is 0 Å². The molecule has 18 heavy (non-hydrogen) atoms. The van der Waals surface area contributed by atoms with Gasteiger partial charge in [-0.2, -0.15) is 0 Å². The van der Waals surface area contributed by atoms with Crippen LogP contribution < -0.4 is 11.3 Å². The van der Waals surface area contributed by atoms with E-state index in [9.17, 15) is 14.7 Å². The molecule has 1 aromatic carbocycles. The summed E-state index contributed by atoms with van der Waals surface area (Å²) >= 11 is 5.94. The number of halogens is 1.